The van der Waals surface area contributed by atoms with Gasteiger partial charge < -0.3 is 10.2 Å². The van der Waals surface area contributed by atoms with Gasteiger partial charge in [0.05, 0.1) is 0 Å². The van der Waals surface area contributed by atoms with E-state index in [0.717, 1.165) is 17.2 Å². The Morgan fingerprint density at radius 3 is 2.47 bits per heavy atom. The molecular weight excluding hydrogens is 236 g/mol. The molecule has 0 bridgehead atoms. The molecule has 2 unspecified atom stereocenters. The highest BCUT2D eigenvalue weighted by molar-refractivity contribution is 5.94. The molecule has 1 aliphatic carbocycles. The Balaban J connectivity index is 1.97. The van der Waals surface area contributed by atoms with Gasteiger partial charge in [0.1, 0.15) is 0 Å². The monoisotopic (exact) mass is 260 g/mol. The van der Waals surface area contributed by atoms with E-state index in [4.69, 9.17) is 0 Å². The molecule has 1 amide bonds. The zero-order chi connectivity index (χ0) is 13.8. The maximum absolute atomic E-state index is 11.8. The molecule has 0 spiro atoms. The second kappa shape index (κ2) is 6.09. The summed E-state index contributed by atoms with van der Waals surface area (Å²) >= 11 is 0. The molecule has 0 heterocycles. The van der Waals surface area contributed by atoms with E-state index in [9.17, 15) is 4.79 Å². The van der Waals surface area contributed by atoms with Crippen LogP contribution in [0.2, 0.25) is 0 Å². The number of benzene rings is 1. The van der Waals surface area contributed by atoms with E-state index in [2.05, 4.69) is 12.2 Å². The average Bonchev–Trinajstić information content (AvgIpc) is 2.39. The van der Waals surface area contributed by atoms with Crippen LogP contribution in [0.4, 0.5) is 5.69 Å². The third kappa shape index (κ3) is 3.72. The standard InChI is InChI=1S/C16H24N2O/c1-12-5-4-6-15(11-12)17-14-9-7-13(8-10-14)16(19)18(2)3/h7-10,12,15,17H,4-6,11H2,1-3H3. The molecule has 3 heteroatoms. The maximum atomic E-state index is 11.8. The van der Waals surface area contributed by atoms with Gasteiger partial charge in [-0.15, -0.1) is 0 Å². The SMILES string of the molecule is CC1CCCC(Nc2ccc(C(=O)N(C)C)cc2)C1. The van der Waals surface area contributed by atoms with Crippen molar-refractivity contribution in [1.82, 2.24) is 4.90 Å². The van der Waals surface area contributed by atoms with E-state index < -0.39 is 0 Å². The largest absolute Gasteiger partial charge is 0.382 e. The molecule has 19 heavy (non-hydrogen) atoms. The molecule has 1 fully saturated rings. The highest BCUT2D eigenvalue weighted by Gasteiger charge is 2.18. The fourth-order valence-electron chi connectivity index (χ4n) is 2.77. The van der Waals surface area contributed by atoms with Gasteiger partial charge in [-0.05, 0) is 43.0 Å². The lowest BCUT2D eigenvalue weighted by Gasteiger charge is -2.28. The number of amides is 1. The molecule has 1 aromatic rings. The molecule has 2 atom stereocenters. The number of hydrogen-bond acceptors (Lipinski definition) is 2. The molecule has 0 aromatic heterocycles. The molecule has 1 saturated carbocycles. The minimum absolute atomic E-state index is 0.0536. The summed E-state index contributed by atoms with van der Waals surface area (Å²) in [4.78, 5) is 13.4. The second-order valence-corrected chi connectivity index (χ2v) is 5.89. The first-order valence-electron chi connectivity index (χ1n) is 7.14. The number of anilines is 1. The van der Waals surface area contributed by atoms with Crippen LogP contribution in [0, 0.1) is 5.92 Å². The molecule has 2 rings (SSSR count). The summed E-state index contributed by atoms with van der Waals surface area (Å²) in [7, 11) is 3.55. The van der Waals surface area contributed by atoms with Crippen LogP contribution in [0.15, 0.2) is 24.3 Å². The van der Waals surface area contributed by atoms with Crippen molar-refractivity contribution in [3.05, 3.63) is 29.8 Å². The van der Waals surface area contributed by atoms with Crippen molar-refractivity contribution < 1.29 is 4.79 Å². The molecule has 0 aliphatic heterocycles. The summed E-state index contributed by atoms with van der Waals surface area (Å²) in [5, 5.41) is 3.58. The fourth-order valence-corrected chi connectivity index (χ4v) is 2.77. The summed E-state index contributed by atoms with van der Waals surface area (Å²) in [6.45, 7) is 2.33. The summed E-state index contributed by atoms with van der Waals surface area (Å²) in [5.41, 5.74) is 1.86. The summed E-state index contributed by atoms with van der Waals surface area (Å²) in [6, 6.07) is 8.40. The van der Waals surface area contributed by atoms with E-state index in [1.807, 2.05) is 24.3 Å². The van der Waals surface area contributed by atoms with Gasteiger partial charge in [0.25, 0.3) is 5.91 Å². The van der Waals surface area contributed by atoms with Crippen LogP contribution >= 0.6 is 0 Å². The number of carbonyl (C=O) groups excluding carboxylic acids is 1. The van der Waals surface area contributed by atoms with Crippen LogP contribution in [0.25, 0.3) is 0 Å². The van der Waals surface area contributed by atoms with Gasteiger partial charge in [0.2, 0.25) is 0 Å². The normalized spacial score (nSPS) is 22.9. The summed E-state index contributed by atoms with van der Waals surface area (Å²) in [6.07, 6.45) is 5.17. The van der Waals surface area contributed by atoms with Gasteiger partial charge >= 0.3 is 0 Å². The number of hydrogen-bond donors (Lipinski definition) is 1. The smallest absolute Gasteiger partial charge is 0.253 e. The minimum Gasteiger partial charge on any atom is -0.382 e. The molecule has 104 valence electrons. The van der Waals surface area contributed by atoms with Crippen molar-refractivity contribution in [2.45, 2.75) is 38.6 Å². The van der Waals surface area contributed by atoms with Crippen molar-refractivity contribution in [3.63, 3.8) is 0 Å². The van der Waals surface area contributed by atoms with E-state index in [0.29, 0.717) is 6.04 Å². The lowest BCUT2D eigenvalue weighted by Crippen LogP contribution is -2.26. The number of nitrogens with zero attached hydrogens (tertiary/aromatic N) is 1. The lowest BCUT2D eigenvalue weighted by atomic mass is 9.87. The van der Waals surface area contributed by atoms with E-state index in [-0.39, 0.29) is 5.91 Å². The Morgan fingerprint density at radius 2 is 1.89 bits per heavy atom. The van der Waals surface area contributed by atoms with Crippen molar-refractivity contribution >= 4 is 11.6 Å². The van der Waals surface area contributed by atoms with Gasteiger partial charge in [-0.25, -0.2) is 0 Å². The van der Waals surface area contributed by atoms with Crippen molar-refractivity contribution in [1.29, 1.82) is 0 Å². The van der Waals surface area contributed by atoms with Crippen LogP contribution in [-0.2, 0) is 0 Å². The van der Waals surface area contributed by atoms with Gasteiger partial charge in [0.15, 0.2) is 0 Å². The highest BCUT2D eigenvalue weighted by atomic mass is 16.2. The highest BCUT2D eigenvalue weighted by Crippen LogP contribution is 2.26. The van der Waals surface area contributed by atoms with Crippen LogP contribution in [-0.4, -0.2) is 30.9 Å². The first-order chi connectivity index (χ1) is 9.06. The topological polar surface area (TPSA) is 32.3 Å². The van der Waals surface area contributed by atoms with Gasteiger partial charge in [0, 0.05) is 31.4 Å². The Morgan fingerprint density at radius 1 is 1.21 bits per heavy atom. The molecular formula is C16H24N2O. The Kier molecular flexibility index (Phi) is 4.46. The molecule has 1 aliphatic rings. The molecule has 1 N–H and O–H groups in total. The average molecular weight is 260 g/mol. The maximum Gasteiger partial charge on any atom is 0.253 e. The van der Waals surface area contributed by atoms with E-state index >= 15 is 0 Å². The second-order valence-electron chi connectivity index (χ2n) is 5.89. The molecule has 0 radical (unpaired) electrons. The quantitative estimate of drug-likeness (QED) is 0.903. The zero-order valence-corrected chi connectivity index (χ0v) is 12.1. The lowest BCUT2D eigenvalue weighted by molar-refractivity contribution is 0.0827. The van der Waals surface area contributed by atoms with Crippen molar-refractivity contribution in [2.75, 3.05) is 19.4 Å². The Bertz CT molecular complexity index is 425. The van der Waals surface area contributed by atoms with Gasteiger partial charge in [-0.1, -0.05) is 19.8 Å². The van der Waals surface area contributed by atoms with Crippen LogP contribution in [0.5, 0.6) is 0 Å². The first-order valence-corrected chi connectivity index (χ1v) is 7.14. The molecule has 0 saturated heterocycles. The van der Waals surface area contributed by atoms with Gasteiger partial charge in [-0.3, -0.25) is 4.79 Å². The van der Waals surface area contributed by atoms with Crippen LogP contribution in [0.3, 0.4) is 0 Å². The number of carbonyl (C=O) groups is 1. The van der Waals surface area contributed by atoms with Crippen molar-refractivity contribution in [3.8, 4) is 0 Å². The Hall–Kier alpha value is -1.51. The first kappa shape index (κ1) is 13.9. The predicted octanol–water partition coefficient (Wildman–Crippen LogP) is 3.38. The van der Waals surface area contributed by atoms with E-state index in [1.165, 1.54) is 25.7 Å². The zero-order valence-electron chi connectivity index (χ0n) is 12.1. The number of rotatable bonds is 3. The summed E-state index contributed by atoms with van der Waals surface area (Å²) in [5.74, 6) is 0.874. The van der Waals surface area contributed by atoms with Gasteiger partial charge in [-0.2, -0.15) is 0 Å². The Labute approximate surface area is 116 Å². The third-order valence-corrected chi connectivity index (χ3v) is 3.85. The molecule has 3 nitrogen and oxygen atoms in total. The third-order valence-electron chi connectivity index (χ3n) is 3.85. The van der Waals surface area contributed by atoms with Crippen LogP contribution < -0.4 is 5.32 Å². The van der Waals surface area contributed by atoms with Crippen LogP contribution in [0.1, 0.15) is 43.0 Å². The minimum atomic E-state index is 0.0536. The van der Waals surface area contributed by atoms with E-state index in [1.54, 1.807) is 19.0 Å². The van der Waals surface area contributed by atoms with Crippen molar-refractivity contribution in [2.24, 2.45) is 5.92 Å². The molecule has 1 aromatic carbocycles. The fraction of sp³-hybridized carbons (Fsp3) is 0.562. The predicted molar refractivity (Wildman–Crippen MR) is 79.5 cm³/mol. The summed E-state index contributed by atoms with van der Waals surface area (Å²) < 4.78 is 0. The number of nitrogens with one attached hydrogen (secondary N) is 1.